The molecule has 4 rings (SSSR count). The number of nitrogens with zero attached hydrogens (tertiary/aromatic N) is 2. The van der Waals surface area contributed by atoms with E-state index in [-0.39, 0.29) is 0 Å². The Morgan fingerprint density at radius 3 is 2.67 bits per heavy atom. The summed E-state index contributed by atoms with van der Waals surface area (Å²) in [6, 6.07) is 13.3. The number of aromatic nitrogens is 2. The van der Waals surface area contributed by atoms with Crippen LogP contribution in [0, 0.1) is 6.92 Å². The van der Waals surface area contributed by atoms with Gasteiger partial charge in [0, 0.05) is 42.5 Å². The van der Waals surface area contributed by atoms with Gasteiger partial charge in [-0.1, -0.05) is 30.4 Å². The number of hydrogen-bond acceptors (Lipinski definition) is 5. The van der Waals surface area contributed by atoms with Gasteiger partial charge in [-0.25, -0.2) is 0 Å². The van der Waals surface area contributed by atoms with Crippen molar-refractivity contribution < 1.29 is 9.53 Å². The topological polar surface area (TPSA) is 90.1 Å². The molecule has 1 aliphatic rings. The number of allylic oxidation sites excluding steroid dienone is 2. The number of rotatable bonds is 6. The zero-order valence-corrected chi connectivity index (χ0v) is 16.6. The molecule has 30 heavy (non-hydrogen) atoms. The van der Waals surface area contributed by atoms with E-state index in [1.807, 2.05) is 49.4 Å². The standard InChI is InChI=1S/C24H22N4O2/c1-17-16-27-13-9-22(17)28-24(10-3-4-18(15-24)23(25)29)19-5-2-6-21(14-19)30-20-7-11-26-12-8-20/h2-14,16H,15H2,1H3,(H2,25,29)(H,27,28). The molecule has 0 radical (unpaired) electrons. The largest absolute Gasteiger partial charge is 0.457 e. The number of carbonyl (C=O) groups excluding carboxylic acids is 1. The molecule has 0 fully saturated rings. The van der Waals surface area contributed by atoms with Crippen molar-refractivity contribution in [2.45, 2.75) is 18.9 Å². The number of anilines is 1. The highest BCUT2D eigenvalue weighted by atomic mass is 16.5. The van der Waals surface area contributed by atoms with Crippen LogP contribution in [0.2, 0.25) is 0 Å². The number of nitrogens with two attached hydrogens (primary N) is 1. The lowest BCUT2D eigenvalue weighted by Crippen LogP contribution is -2.37. The molecule has 6 nitrogen and oxygen atoms in total. The lowest BCUT2D eigenvalue weighted by Gasteiger charge is -2.36. The minimum Gasteiger partial charge on any atom is -0.457 e. The third-order valence-electron chi connectivity index (χ3n) is 5.08. The molecular weight excluding hydrogens is 376 g/mol. The van der Waals surface area contributed by atoms with Gasteiger partial charge in [-0.15, -0.1) is 0 Å². The fraction of sp³-hybridized carbons (Fsp3) is 0.125. The summed E-state index contributed by atoms with van der Waals surface area (Å²) < 4.78 is 5.99. The molecule has 3 N–H and O–H groups in total. The van der Waals surface area contributed by atoms with Crippen LogP contribution < -0.4 is 15.8 Å². The minimum atomic E-state index is -0.664. The summed E-state index contributed by atoms with van der Waals surface area (Å²) in [4.78, 5) is 20.1. The van der Waals surface area contributed by atoms with Crippen molar-refractivity contribution in [3.63, 3.8) is 0 Å². The van der Waals surface area contributed by atoms with Crippen molar-refractivity contribution in [2.24, 2.45) is 5.73 Å². The smallest absolute Gasteiger partial charge is 0.244 e. The van der Waals surface area contributed by atoms with Crippen LogP contribution >= 0.6 is 0 Å². The summed E-state index contributed by atoms with van der Waals surface area (Å²) >= 11 is 0. The van der Waals surface area contributed by atoms with Gasteiger partial charge in [0.1, 0.15) is 11.5 Å². The predicted octanol–water partition coefficient (Wildman–Crippen LogP) is 4.26. The summed E-state index contributed by atoms with van der Waals surface area (Å²) in [6.07, 6.45) is 13.0. The molecule has 0 saturated heterocycles. The van der Waals surface area contributed by atoms with Gasteiger partial charge in [0.2, 0.25) is 5.91 Å². The Balaban J connectivity index is 1.74. The molecule has 3 aromatic rings. The number of amides is 1. The molecule has 1 aliphatic carbocycles. The van der Waals surface area contributed by atoms with E-state index in [2.05, 4.69) is 15.3 Å². The Morgan fingerprint density at radius 1 is 1.10 bits per heavy atom. The third-order valence-corrected chi connectivity index (χ3v) is 5.08. The Labute approximate surface area is 175 Å². The van der Waals surface area contributed by atoms with Crippen LogP contribution in [-0.2, 0) is 10.3 Å². The molecule has 0 bridgehead atoms. The number of primary amides is 1. The molecule has 1 atom stereocenters. The van der Waals surface area contributed by atoms with E-state index in [0.29, 0.717) is 23.5 Å². The average Bonchev–Trinajstić information content (AvgIpc) is 2.76. The van der Waals surface area contributed by atoms with Crippen LogP contribution in [0.15, 0.2) is 91.1 Å². The Kier molecular flexibility index (Phi) is 5.30. The number of ether oxygens (including phenoxy) is 1. The fourth-order valence-corrected chi connectivity index (χ4v) is 3.51. The molecule has 2 heterocycles. The molecule has 2 aromatic heterocycles. The summed E-state index contributed by atoms with van der Waals surface area (Å²) in [6.45, 7) is 1.99. The quantitative estimate of drug-likeness (QED) is 0.648. The van der Waals surface area contributed by atoms with Gasteiger partial charge in [-0.2, -0.15) is 0 Å². The first-order chi connectivity index (χ1) is 14.6. The maximum atomic E-state index is 12.0. The van der Waals surface area contributed by atoms with Gasteiger partial charge in [0.15, 0.2) is 0 Å². The molecular formula is C24H22N4O2. The van der Waals surface area contributed by atoms with Gasteiger partial charge < -0.3 is 15.8 Å². The Morgan fingerprint density at radius 2 is 1.90 bits per heavy atom. The summed E-state index contributed by atoms with van der Waals surface area (Å²) in [5.74, 6) is 0.960. The zero-order chi connectivity index (χ0) is 21.0. The van der Waals surface area contributed by atoms with Crippen LogP contribution in [-0.4, -0.2) is 15.9 Å². The van der Waals surface area contributed by atoms with E-state index < -0.39 is 11.4 Å². The van der Waals surface area contributed by atoms with Crippen molar-refractivity contribution in [2.75, 3.05) is 5.32 Å². The monoisotopic (exact) mass is 398 g/mol. The van der Waals surface area contributed by atoms with Gasteiger partial charge in [0.25, 0.3) is 0 Å². The Hall–Kier alpha value is -3.93. The maximum absolute atomic E-state index is 12.0. The third kappa shape index (κ3) is 4.07. The molecule has 1 amide bonds. The second kappa shape index (κ2) is 8.21. The van der Waals surface area contributed by atoms with Gasteiger partial charge in [0.05, 0.1) is 5.54 Å². The predicted molar refractivity (Wildman–Crippen MR) is 116 cm³/mol. The van der Waals surface area contributed by atoms with Crippen molar-refractivity contribution >= 4 is 11.6 Å². The van der Waals surface area contributed by atoms with E-state index in [1.54, 1.807) is 43.0 Å². The number of aryl methyl sites for hydroxylation is 1. The first-order valence-electron chi connectivity index (χ1n) is 9.61. The van der Waals surface area contributed by atoms with Crippen molar-refractivity contribution in [1.29, 1.82) is 0 Å². The summed E-state index contributed by atoms with van der Waals surface area (Å²) in [7, 11) is 0. The highest BCUT2D eigenvalue weighted by molar-refractivity contribution is 5.93. The number of carbonyl (C=O) groups is 1. The van der Waals surface area contributed by atoms with Gasteiger partial charge >= 0.3 is 0 Å². The summed E-state index contributed by atoms with van der Waals surface area (Å²) in [5.41, 5.74) is 8.39. The van der Waals surface area contributed by atoms with E-state index >= 15 is 0 Å². The lowest BCUT2D eigenvalue weighted by molar-refractivity contribution is -0.114. The molecule has 6 heteroatoms. The van der Waals surface area contributed by atoms with Crippen LogP contribution in [0.1, 0.15) is 17.5 Å². The molecule has 0 spiro atoms. The highest BCUT2D eigenvalue weighted by Crippen LogP contribution is 2.39. The normalized spacial score (nSPS) is 17.8. The van der Waals surface area contributed by atoms with Crippen molar-refractivity contribution in [3.8, 4) is 11.5 Å². The van der Waals surface area contributed by atoms with Crippen LogP contribution in [0.5, 0.6) is 11.5 Å². The SMILES string of the molecule is Cc1cnccc1NC1(c2cccc(Oc3ccncc3)c2)C=CC=C(C(N)=O)C1. The number of pyridine rings is 2. The molecule has 0 saturated carbocycles. The van der Waals surface area contributed by atoms with E-state index in [4.69, 9.17) is 10.5 Å². The lowest BCUT2D eigenvalue weighted by atomic mass is 9.80. The number of benzene rings is 1. The second-order valence-corrected chi connectivity index (χ2v) is 7.19. The van der Waals surface area contributed by atoms with Gasteiger partial charge in [-0.3, -0.25) is 14.8 Å². The van der Waals surface area contributed by atoms with Crippen LogP contribution in [0.4, 0.5) is 5.69 Å². The molecule has 1 aromatic carbocycles. The Bertz CT molecular complexity index is 1120. The van der Waals surface area contributed by atoms with Crippen molar-refractivity contribution in [1.82, 2.24) is 9.97 Å². The fourth-order valence-electron chi connectivity index (χ4n) is 3.51. The van der Waals surface area contributed by atoms with Gasteiger partial charge in [-0.05, 0) is 48.4 Å². The van der Waals surface area contributed by atoms with E-state index in [0.717, 1.165) is 16.8 Å². The number of hydrogen-bond donors (Lipinski definition) is 2. The first-order valence-corrected chi connectivity index (χ1v) is 9.61. The average molecular weight is 398 g/mol. The van der Waals surface area contributed by atoms with Crippen molar-refractivity contribution in [3.05, 3.63) is 102 Å². The van der Waals surface area contributed by atoms with E-state index in [9.17, 15) is 4.79 Å². The maximum Gasteiger partial charge on any atom is 0.244 e. The first kappa shape index (κ1) is 19.4. The number of nitrogens with one attached hydrogen (secondary N) is 1. The van der Waals surface area contributed by atoms with E-state index in [1.165, 1.54) is 0 Å². The molecule has 1 unspecified atom stereocenters. The van der Waals surface area contributed by atoms with Crippen LogP contribution in [0.25, 0.3) is 0 Å². The highest BCUT2D eigenvalue weighted by Gasteiger charge is 2.34. The minimum absolute atomic E-state index is 0.416. The van der Waals surface area contributed by atoms with Crippen LogP contribution in [0.3, 0.4) is 0 Å². The second-order valence-electron chi connectivity index (χ2n) is 7.19. The zero-order valence-electron chi connectivity index (χ0n) is 16.6. The molecule has 0 aliphatic heterocycles. The molecule has 150 valence electrons. The summed E-state index contributed by atoms with van der Waals surface area (Å²) in [5, 5.41) is 3.61.